The highest BCUT2D eigenvalue weighted by Crippen LogP contribution is 2.29. The fraction of sp³-hybridized carbons (Fsp3) is 0.316. The minimum Gasteiger partial charge on any atom is -0.369 e. The van der Waals surface area contributed by atoms with E-state index in [1.54, 1.807) is 17.2 Å². The summed E-state index contributed by atoms with van der Waals surface area (Å²) < 4.78 is 0. The quantitative estimate of drug-likeness (QED) is 0.843. The molecule has 2 N–H and O–H groups in total. The van der Waals surface area contributed by atoms with Gasteiger partial charge >= 0.3 is 0 Å². The van der Waals surface area contributed by atoms with Gasteiger partial charge in [-0.3, -0.25) is 24.5 Å². The summed E-state index contributed by atoms with van der Waals surface area (Å²) in [4.78, 5) is 34.1. The summed E-state index contributed by atoms with van der Waals surface area (Å²) in [5.41, 5.74) is 8.53. The molecule has 1 aliphatic heterocycles. The Kier molecular flexibility index (Phi) is 4.81. The summed E-state index contributed by atoms with van der Waals surface area (Å²) in [5.74, 6) is -1.97. The van der Waals surface area contributed by atoms with Gasteiger partial charge in [-0.25, -0.2) is 0 Å². The number of rotatable bonds is 5. The molecule has 0 saturated heterocycles. The van der Waals surface area contributed by atoms with Crippen LogP contribution in [0.25, 0.3) is 0 Å². The summed E-state index contributed by atoms with van der Waals surface area (Å²) >= 11 is 0. The average Bonchev–Trinajstić information content (AvgIpc) is 2.59. The van der Waals surface area contributed by atoms with E-state index in [0.717, 1.165) is 5.56 Å². The lowest BCUT2D eigenvalue weighted by atomic mass is 9.95. The van der Waals surface area contributed by atoms with Gasteiger partial charge in [-0.15, -0.1) is 0 Å². The Hall–Kier alpha value is -2.73. The Labute approximate surface area is 146 Å². The van der Waals surface area contributed by atoms with Crippen molar-refractivity contribution in [3.8, 4) is 0 Å². The van der Waals surface area contributed by atoms with Crippen LogP contribution in [0, 0.1) is 12.8 Å². The fourth-order valence-electron chi connectivity index (χ4n) is 2.93. The maximum absolute atomic E-state index is 12.4. The van der Waals surface area contributed by atoms with E-state index in [1.165, 1.54) is 11.8 Å². The second kappa shape index (κ2) is 7.03. The highest BCUT2D eigenvalue weighted by molar-refractivity contribution is 6.13. The molecular formula is C19H21N3O3. The van der Waals surface area contributed by atoms with Gasteiger partial charge in [-0.1, -0.05) is 29.8 Å². The van der Waals surface area contributed by atoms with Crippen molar-refractivity contribution < 1.29 is 14.4 Å². The van der Waals surface area contributed by atoms with Crippen LogP contribution < -0.4 is 10.8 Å². The molecule has 2 atom stereocenters. The lowest BCUT2D eigenvalue weighted by Gasteiger charge is -2.34. The number of aryl methyl sites for hydroxylation is 1. The molecule has 0 spiro atoms. The van der Waals surface area contributed by atoms with Gasteiger partial charge in [0.15, 0.2) is 5.78 Å². The third-order valence-corrected chi connectivity index (χ3v) is 4.25. The zero-order valence-electron chi connectivity index (χ0n) is 14.3. The molecule has 0 aliphatic carbocycles. The summed E-state index contributed by atoms with van der Waals surface area (Å²) in [6.07, 6.45) is 2.09. The molecule has 1 amide bonds. The van der Waals surface area contributed by atoms with Gasteiger partial charge in [-0.2, -0.15) is 0 Å². The van der Waals surface area contributed by atoms with Gasteiger partial charge < -0.3 is 5.73 Å². The predicted octanol–water partition coefficient (Wildman–Crippen LogP) is 2.06. The predicted molar refractivity (Wildman–Crippen MR) is 94.0 cm³/mol. The number of Topliss-reactive ketones (excluding diaryl/α,β-unsaturated/α-hetero) is 1. The number of hydroxylamine groups is 1. The molecule has 0 fully saturated rings. The SMILES string of the molecule is Cc1ccc(CC(C)ON2CC(C(N)=O)C(=O)c3ncccc32)cc1. The fourth-order valence-corrected chi connectivity index (χ4v) is 2.93. The first-order valence-corrected chi connectivity index (χ1v) is 8.24. The van der Waals surface area contributed by atoms with Crippen LogP contribution in [0.2, 0.25) is 0 Å². The van der Waals surface area contributed by atoms with E-state index in [-0.39, 0.29) is 24.1 Å². The number of hydrogen-bond donors (Lipinski definition) is 1. The molecule has 0 saturated carbocycles. The Morgan fingerprint density at radius 1 is 1.36 bits per heavy atom. The van der Waals surface area contributed by atoms with Crippen molar-refractivity contribution in [2.75, 3.05) is 11.6 Å². The summed E-state index contributed by atoms with van der Waals surface area (Å²) in [6, 6.07) is 11.7. The van der Waals surface area contributed by atoms with E-state index in [0.29, 0.717) is 12.1 Å². The van der Waals surface area contributed by atoms with Gasteiger partial charge in [0, 0.05) is 12.6 Å². The molecule has 2 aromatic rings. The molecule has 3 rings (SSSR count). The lowest BCUT2D eigenvalue weighted by Crippen LogP contribution is -2.46. The standard InChI is InChI=1S/C19H21N3O3/c1-12-5-7-14(8-6-12)10-13(2)25-22-11-15(19(20)24)18(23)17-16(22)4-3-9-21-17/h3-9,13,15H,10-11H2,1-2H3,(H2,20,24). The van der Waals surface area contributed by atoms with Crippen molar-refractivity contribution in [1.29, 1.82) is 0 Å². The largest absolute Gasteiger partial charge is 0.369 e. The van der Waals surface area contributed by atoms with E-state index >= 15 is 0 Å². The van der Waals surface area contributed by atoms with Gasteiger partial charge in [0.25, 0.3) is 0 Å². The topological polar surface area (TPSA) is 85.5 Å². The molecular weight excluding hydrogens is 318 g/mol. The van der Waals surface area contributed by atoms with Crippen LogP contribution >= 0.6 is 0 Å². The number of carbonyl (C=O) groups is 2. The molecule has 0 radical (unpaired) electrons. The second-order valence-electron chi connectivity index (χ2n) is 6.36. The van der Waals surface area contributed by atoms with Crippen molar-refractivity contribution in [3.05, 3.63) is 59.4 Å². The maximum Gasteiger partial charge on any atom is 0.230 e. The zero-order valence-corrected chi connectivity index (χ0v) is 14.3. The molecule has 6 nitrogen and oxygen atoms in total. The Bertz CT molecular complexity index is 789. The number of hydrogen-bond acceptors (Lipinski definition) is 5. The van der Waals surface area contributed by atoms with Crippen LogP contribution in [0.3, 0.4) is 0 Å². The monoisotopic (exact) mass is 339 g/mol. The van der Waals surface area contributed by atoms with Crippen molar-refractivity contribution in [1.82, 2.24) is 4.98 Å². The van der Waals surface area contributed by atoms with Gasteiger partial charge in [0.2, 0.25) is 5.91 Å². The first kappa shape index (κ1) is 17.1. The van der Waals surface area contributed by atoms with Crippen LogP contribution in [0.5, 0.6) is 0 Å². The number of nitrogens with zero attached hydrogens (tertiary/aromatic N) is 2. The van der Waals surface area contributed by atoms with Crippen molar-refractivity contribution in [2.24, 2.45) is 11.7 Å². The number of pyridine rings is 1. The molecule has 2 heterocycles. The Morgan fingerprint density at radius 2 is 2.08 bits per heavy atom. The van der Waals surface area contributed by atoms with E-state index in [2.05, 4.69) is 29.2 Å². The maximum atomic E-state index is 12.4. The smallest absolute Gasteiger partial charge is 0.230 e. The van der Waals surface area contributed by atoms with E-state index in [1.807, 2.05) is 13.8 Å². The molecule has 25 heavy (non-hydrogen) atoms. The minimum absolute atomic E-state index is 0.102. The second-order valence-corrected chi connectivity index (χ2v) is 6.36. The number of carbonyl (C=O) groups excluding carboxylic acids is 2. The summed E-state index contributed by atoms with van der Waals surface area (Å²) in [7, 11) is 0. The molecule has 0 bridgehead atoms. The van der Waals surface area contributed by atoms with Crippen molar-refractivity contribution in [3.63, 3.8) is 0 Å². The Balaban J connectivity index is 1.78. The Morgan fingerprint density at radius 3 is 2.76 bits per heavy atom. The highest BCUT2D eigenvalue weighted by Gasteiger charge is 2.37. The lowest BCUT2D eigenvalue weighted by molar-refractivity contribution is -0.120. The molecule has 6 heteroatoms. The third-order valence-electron chi connectivity index (χ3n) is 4.25. The van der Waals surface area contributed by atoms with Gasteiger partial charge in [0.05, 0.1) is 18.3 Å². The molecule has 1 aromatic carbocycles. The summed E-state index contributed by atoms with van der Waals surface area (Å²) in [6.45, 7) is 4.10. The van der Waals surface area contributed by atoms with Gasteiger partial charge in [-0.05, 0) is 31.5 Å². The number of ketones is 1. The highest BCUT2D eigenvalue weighted by atomic mass is 16.7. The minimum atomic E-state index is -0.950. The number of amides is 1. The number of primary amides is 1. The third kappa shape index (κ3) is 3.69. The van der Waals surface area contributed by atoms with Crippen molar-refractivity contribution >= 4 is 17.4 Å². The normalized spacial score (nSPS) is 17.9. The molecule has 130 valence electrons. The van der Waals surface area contributed by atoms with E-state index in [9.17, 15) is 9.59 Å². The molecule has 2 unspecified atom stereocenters. The zero-order chi connectivity index (χ0) is 18.0. The number of nitrogens with two attached hydrogens (primary N) is 1. The first-order chi connectivity index (χ1) is 12.0. The number of fused-ring (bicyclic) bond motifs is 1. The summed E-state index contributed by atoms with van der Waals surface area (Å²) in [5, 5.41) is 1.57. The van der Waals surface area contributed by atoms with E-state index in [4.69, 9.17) is 10.6 Å². The van der Waals surface area contributed by atoms with E-state index < -0.39 is 11.8 Å². The van der Waals surface area contributed by atoms with Crippen molar-refractivity contribution in [2.45, 2.75) is 26.4 Å². The molecule has 1 aliphatic rings. The number of benzene rings is 1. The van der Waals surface area contributed by atoms with Gasteiger partial charge in [0.1, 0.15) is 11.6 Å². The first-order valence-electron chi connectivity index (χ1n) is 8.24. The van der Waals surface area contributed by atoms with Crippen LogP contribution in [-0.2, 0) is 16.1 Å². The number of anilines is 1. The molecule has 1 aromatic heterocycles. The van der Waals surface area contributed by atoms with Crippen LogP contribution in [0.15, 0.2) is 42.6 Å². The van der Waals surface area contributed by atoms with Crippen LogP contribution in [0.4, 0.5) is 5.69 Å². The van der Waals surface area contributed by atoms with Crippen LogP contribution in [-0.4, -0.2) is 29.3 Å². The average molecular weight is 339 g/mol. The van der Waals surface area contributed by atoms with Crippen LogP contribution in [0.1, 0.15) is 28.5 Å². The number of aromatic nitrogens is 1.